The van der Waals surface area contributed by atoms with E-state index in [1.165, 1.54) is 11.1 Å². The molecule has 0 fully saturated rings. The minimum atomic E-state index is 0.250. The fourth-order valence-corrected chi connectivity index (χ4v) is 2.21. The Balaban J connectivity index is 2.23. The molecular weight excluding hydrogens is 292 g/mol. The average molecular weight is 309 g/mol. The van der Waals surface area contributed by atoms with Crippen molar-refractivity contribution in [2.75, 3.05) is 7.05 Å². The first-order valence-electron chi connectivity index (χ1n) is 5.88. The number of rotatable bonds is 4. The zero-order valence-electron chi connectivity index (χ0n) is 10.8. The van der Waals surface area contributed by atoms with Crippen molar-refractivity contribution >= 4 is 15.9 Å². The molecule has 1 aromatic heterocycles. The van der Waals surface area contributed by atoms with Gasteiger partial charge in [-0.3, -0.25) is 4.68 Å². The first-order chi connectivity index (χ1) is 8.61. The highest BCUT2D eigenvalue weighted by Crippen LogP contribution is 2.23. The number of halogens is 1. The van der Waals surface area contributed by atoms with Gasteiger partial charge in [0.25, 0.3) is 0 Å². The Hall–Kier alpha value is -1.20. The zero-order valence-corrected chi connectivity index (χ0v) is 12.4. The third kappa shape index (κ3) is 2.79. The second kappa shape index (κ2) is 5.63. The molecule has 0 aliphatic heterocycles. The van der Waals surface area contributed by atoms with Crippen LogP contribution in [0.1, 0.15) is 23.0 Å². The van der Waals surface area contributed by atoms with Gasteiger partial charge in [0.1, 0.15) is 12.2 Å². The number of nitrogens with zero attached hydrogens (tertiary/aromatic N) is 3. The SMILES string of the molecule is CNC(Cc1ncnn1C)c1ccc(Br)c(C)c1. The van der Waals surface area contributed by atoms with E-state index in [1.807, 2.05) is 18.8 Å². The molecule has 1 atom stereocenters. The van der Waals surface area contributed by atoms with Gasteiger partial charge in [-0.1, -0.05) is 28.1 Å². The van der Waals surface area contributed by atoms with Gasteiger partial charge >= 0.3 is 0 Å². The van der Waals surface area contributed by atoms with E-state index in [2.05, 4.69) is 56.5 Å². The number of hydrogen-bond donors (Lipinski definition) is 1. The summed E-state index contributed by atoms with van der Waals surface area (Å²) in [5, 5.41) is 7.43. The van der Waals surface area contributed by atoms with Gasteiger partial charge in [-0.15, -0.1) is 0 Å². The van der Waals surface area contributed by atoms with Gasteiger partial charge in [0.15, 0.2) is 0 Å². The van der Waals surface area contributed by atoms with Crippen LogP contribution in [-0.2, 0) is 13.5 Å². The Morgan fingerprint density at radius 1 is 1.44 bits per heavy atom. The van der Waals surface area contributed by atoms with Crippen molar-refractivity contribution in [3.8, 4) is 0 Å². The van der Waals surface area contributed by atoms with E-state index < -0.39 is 0 Å². The maximum absolute atomic E-state index is 4.27. The molecule has 2 rings (SSSR count). The van der Waals surface area contributed by atoms with Crippen molar-refractivity contribution in [3.63, 3.8) is 0 Å². The van der Waals surface area contributed by atoms with Crippen LogP contribution in [0.2, 0.25) is 0 Å². The van der Waals surface area contributed by atoms with Gasteiger partial charge in [0.05, 0.1) is 0 Å². The molecule has 0 bridgehead atoms. The fraction of sp³-hybridized carbons (Fsp3) is 0.385. The van der Waals surface area contributed by atoms with Gasteiger partial charge in [0.2, 0.25) is 0 Å². The Kier molecular flexibility index (Phi) is 4.14. The van der Waals surface area contributed by atoms with Crippen molar-refractivity contribution in [1.82, 2.24) is 20.1 Å². The van der Waals surface area contributed by atoms with Crippen molar-refractivity contribution in [1.29, 1.82) is 0 Å². The zero-order chi connectivity index (χ0) is 13.1. The molecule has 0 amide bonds. The van der Waals surface area contributed by atoms with Gasteiger partial charge in [-0.25, -0.2) is 4.98 Å². The van der Waals surface area contributed by atoms with Crippen molar-refractivity contribution in [2.45, 2.75) is 19.4 Å². The molecular formula is C13H17BrN4. The summed E-state index contributed by atoms with van der Waals surface area (Å²) in [6.45, 7) is 2.10. The molecule has 1 unspecified atom stereocenters. The summed E-state index contributed by atoms with van der Waals surface area (Å²) in [4.78, 5) is 4.27. The molecule has 0 saturated heterocycles. The third-order valence-corrected chi connectivity index (χ3v) is 4.01. The number of hydrogen-bond acceptors (Lipinski definition) is 3. The Morgan fingerprint density at radius 3 is 2.78 bits per heavy atom. The molecule has 0 saturated carbocycles. The highest BCUT2D eigenvalue weighted by molar-refractivity contribution is 9.10. The van der Waals surface area contributed by atoms with E-state index in [1.54, 1.807) is 6.33 Å². The molecule has 1 N–H and O–H groups in total. The monoisotopic (exact) mass is 308 g/mol. The quantitative estimate of drug-likeness (QED) is 0.943. The van der Waals surface area contributed by atoms with Gasteiger partial charge in [-0.2, -0.15) is 5.10 Å². The minimum absolute atomic E-state index is 0.250. The van der Waals surface area contributed by atoms with Crippen LogP contribution < -0.4 is 5.32 Å². The van der Waals surface area contributed by atoms with Gasteiger partial charge in [0, 0.05) is 24.0 Å². The minimum Gasteiger partial charge on any atom is -0.313 e. The van der Waals surface area contributed by atoms with Crippen LogP contribution in [0.5, 0.6) is 0 Å². The number of aromatic nitrogens is 3. The van der Waals surface area contributed by atoms with Crippen LogP contribution in [0.15, 0.2) is 29.0 Å². The molecule has 1 aromatic carbocycles. The summed E-state index contributed by atoms with van der Waals surface area (Å²) >= 11 is 3.53. The molecule has 0 radical (unpaired) electrons. The molecule has 18 heavy (non-hydrogen) atoms. The second-order valence-electron chi connectivity index (χ2n) is 4.35. The smallest absolute Gasteiger partial charge is 0.138 e. The second-order valence-corrected chi connectivity index (χ2v) is 5.21. The molecule has 4 nitrogen and oxygen atoms in total. The summed E-state index contributed by atoms with van der Waals surface area (Å²) in [6.07, 6.45) is 2.42. The van der Waals surface area contributed by atoms with E-state index in [0.29, 0.717) is 0 Å². The fourth-order valence-electron chi connectivity index (χ4n) is 1.96. The Morgan fingerprint density at radius 2 is 2.22 bits per heavy atom. The van der Waals surface area contributed by atoms with Crippen molar-refractivity contribution in [3.05, 3.63) is 46.0 Å². The molecule has 2 aromatic rings. The first kappa shape index (κ1) is 13.2. The van der Waals surface area contributed by atoms with Crippen LogP contribution in [0.3, 0.4) is 0 Å². The predicted octanol–water partition coefficient (Wildman–Crippen LogP) is 2.39. The molecule has 5 heteroatoms. The first-order valence-corrected chi connectivity index (χ1v) is 6.67. The topological polar surface area (TPSA) is 42.7 Å². The molecule has 0 spiro atoms. The summed E-state index contributed by atoms with van der Waals surface area (Å²) < 4.78 is 2.95. The number of nitrogens with one attached hydrogen (secondary N) is 1. The normalized spacial score (nSPS) is 12.7. The Labute approximate surface area is 116 Å². The molecule has 96 valence electrons. The standard InChI is InChI=1S/C13H17BrN4/c1-9-6-10(4-5-11(9)14)12(15-2)7-13-16-8-17-18(13)3/h4-6,8,12,15H,7H2,1-3H3. The van der Waals surface area contributed by atoms with Crippen molar-refractivity contribution < 1.29 is 0 Å². The average Bonchev–Trinajstić information content (AvgIpc) is 2.75. The highest BCUT2D eigenvalue weighted by Gasteiger charge is 2.13. The van der Waals surface area contributed by atoms with E-state index in [4.69, 9.17) is 0 Å². The third-order valence-electron chi connectivity index (χ3n) is 3.12. The molecule has 0 aliphatic rings. The lowest BCUT2D eigenvalue weighted by molar-refractivity contribution is 0.553. The van der Waals surface area contributed by atoms with Crippen LogP contribution >= 0.6 is 15.9 Å². The van der Waals surface area contributed by atoms with Gasteiger partial charge in [-0.05, 0) is 31.2 Å². The van der Waals surface area contributed by atoms with Crippen LogP contribution in [0.4, 0.5) is 0 Å². The van der Waals surface area contributed by atoms with Crippen LogP contribution in [0, 0.1) is 6.92 Å². The maximum Gasteiger partial charge on any atom is 0.138 e. The number of aryl methyl sites for hydroxylation is 2. The van der Waals surface area contributed by atoms with E-state index >= 15 is 0 Å². The lowest BCUT2D eigenvalue weighted by atomic mass is 10.0. The highest BCUT2D eigenvalue weighted by atomic mass is 79.9. The maximum atomic E-state index is 4.27. The predicted molar refractivity (Wildman–Crippen MR) is 75.4 cm³/mol. The lowest BCUT2D eigenvalue weighted by Gasteiger charge is -2.17. The molecule has 1 heterocycles. The Bertz CT molecular complexity index is 536. The summed E-state index contributed by atoms with van der Waals surface area (Å²) in [7, 11) is 3.89. The summed E-state index contributed by atoms with van der Waals surface area (Å²) in [6, 6.07) is 6.67. The van der Waals surface area contributed by atoms with E-state index in [9.17, 15) is 0 Å². The van der Waals surface area contributed by atoms with Crippen LogP contribution in [0.25, 0.3) is 0 Å². The summed E-state index contributed by atoms with van der Waals surface area (Å²) in [5.74, 6) is 0.981. The number of benzene rings is 1. The van der Waals surface area contributed by atoms with Gasteiger partial charge < -0.3 is 5.32 Å². The van der Waals surface area contributed by atoms with Crippen molar-refractivity contribution in [2.24, 2.45) is 7.05 Å². The number of likely N-dealkylation sites (N-methyl/N-ethyl adjacent to an activating group) is 1. The molecule has 0 aliphatic carbocycles. The van der Waals surface area contributed by atoms with Crippen LogP contribution in [-0.4, -0.2) is 21.8 Å². The van der Waals surface area contributed by atoms with E-state index in [-0.39, 0.29) is 6.04 Å². The summed E-state index contributed by atoms with van der Waals surface area (Å²) in [5.41, 5.74) is 2.51. The lowest BCUT2D eigenvalue weighted by Crippen LogP contribution is -2.20. The largest absolute Gasteiger partial charge is 0.313 e. The van der Waals surface area contributed by atoms with E-state index in [0.717, 1.165) is 16.7 Å².